The first-order chi connectivity index (χ1) is 12.7. The maximum Gasteiger partial charge on any atom is 0.274 e. The fourth-order valence-electron chi connectivity index (χ4n) is 4.96. The Labute approximate surface area is 160 Å². The molecule has 0 aliphatic heterocycles. The van der Waals surface area contributed by atoms with Gasteiger partial charge in [0.05, 0.1) is 11.7 Å². The number of rotatable bonds is 3. The van der Waals surface area contributed by atoms with E-state index in [1.54, 1.807) is 6.33 Å². The molecule has 2 aromatic heterocycles. The van der Waals surface area contributed by atoms with Crippen LogP contribution in [0.3, 0.4) is 0 Å². The highest BCUT2D eigenvalue weighted by Crippen LogP contribution is 2.44. The van der Waals surface area contributed by atoms with Gasteiger partial charge in [-0.25, -0.2) is 9.97 Å². The molecule has 4 rings (SSSR count). The van der Waals surface area contributed by atoms with Crippen LogP contribution in [0.1, 0.15) is 68.3 Å². The SMILES string of the molecule is Cc1cc(C)n2cnc(C(=O)NC3[C@@H]4CC[C@H]3CC(OC(C)(C)C)C4)c2n1. The Morgan fingerprint density at radius 3 is 2.52 bits per heavy atom. The van der Waals surface area contributed by atoms with Crippen LogP contribution in [0, 0.1) is 25.7 Å². The smallest absolute Gasteiger partial charge is 0.274 e. The van der Waals surface area contributed by atoms with Crippen molar-refractivity contribution in [2.45, 2.75) is 78.0 Å². The molecule has 2 aliphatic carbocycles. The van der Waals surface area contributed by atoms with Crippen molar-refractivity contribution < 1.29 is 9.53 Å². The van der Waals surface area contributed by atoms with Gasteiger partial charge in [-0.1, -0.05) is 0 Å². The van der Waals surface area contributed by atoms with Crippen LogP contribution >= 0.6 is 0 Å². The van der Waals surface area contributed by atoms with Crippen molar-refractivity contribution in [1.29, 1.82) is 0 Å². The van der Waals surface area contributed by atoms with Crippen molar-refractivity contribution in [2.24, 2.45) is 11.8 Å². The normalized spacial score (nSPS) is 27.9. The highest BCUT2D eigenvalue weighted by atomic mass is 16.5. The van der Waals surface area contributed by atoms with Gasteiger partial charge in [-0.15, -0.1) is 0 Å². The summed E-state index contributed by atoms with van der Waals surface area (Å²) in [6.07, 6.45) is 6.38. The quantitative estimate of drug-likeness (QED) is 0.898. The summed E-state index contributed by atoms with van der Waals surface area (Å²) < 4.78 is 8.11. The van der Waals surface area contributed by atoms with Crippen LogP contribution in [0.15, 0.2) is 12.4 Å². The van der Waals surface area contributed by atoms with E-state index < -0.39 is 0 Å². The molecule has 4 atom stereocenters. The molecular weight excluding hydrogens is 340 g/mol. The number of nitrogens with one attached hydrogen (secondary N) is 1. The van der Waals surface area contributed by atoms with Crippen LogP contribution in [0.2, 0.25) is 0 Å². The molecule has 0 aromatic carbocycles. The number of aryl methyl sites for hydroxylation is 2. The number of imidazole rings is 1. The van der Waals surface area contributed by atoms with Crippen LogP contribution < -0.4 is 5.32 Å². The number of aromatic nitrogens is 3. The second kappa shape index (κ2) is 6.59. The molecule has 2 aliphatic rings. The molecule has 1 N–H and O–H groups in total. The Morgan fingerprint density at radius 2 is 1.89 bits per heavy atom. The van der Waals surface area contributed by atoms with Gasteiger partial charge < -0.3 is 10.1 Å². The molecule has 146 valence electrons. The molecule has 2 heterocycles. The summed E-state index contributed by atoms with van der Waals surface area (Å²) in [5.74, 6) is 0.878. The molecule has 1 amide bonds. The van der Waals surface area contributed by atoms with E-state index in [4.69, 9.17) is 4.74 Å². The van der Waals surface area contributed by atoms with E-state index in [1.165, 1.54) is 12.8 Å². The van der Waals surface area contributed by atoms with Gasteiger partial charge in [0.15, 0.2) is 11.3 Å². The zero-order chi connectivity index (χ0) is 19.3. The van der Waals surface area contributed by atoms with Crippen molar-refractivity contribution in [1.82, 2.24) is 19.7 Å². The Morgan fingerprint density at radius 1 is 1.22 bits per heavy atom. The zero-order valence-electron chi connectivity index (χ0n) is 17.0. The third-order valence-electron chi connectivity index (χ3n) is 5.91. The second-order valence-electron chi connectivity index (χ2n) is 9.25. The first-order valence-electron chi connectivity index (χ1n) is 10.0. The molecule has 0 radical (unpaired) electrons. The lowest BCUT2D eigenvalue weighted by Gasteiger charge is -2.38. The fourth-order valence-corrected chi connectivity index (χ4v) is 4.96. The fraction of sp³-hybridized carbons (Fsp3) is 0.667. The van der Waals surface area contributed by atoms with Crippen molar-refractivity contribution in [2.75, 3.05) is 0 Å². The van der Waals surface area contributed by atoms with E-state index in [0.717, 1.165) is 24.2 Å². The number of carbonyl (C=O) groups is 1. The molecular formula is C21H30N4O2. The molecule has 0 spiro atoms. The lowest BCUT2D eigenvalue weighted by Crippen LogP contribution is -2.47. The molecule has 2 bridgehead atoms. The van der Waals surface area contributed by atoms with E-state index in [0.29, 0.717) is 29.3 Å². The van der Waals surface area contributed by atoms with E-state index >= 15 is 0 Å². The number of amides is 1. The molecule has 2 unspecified atom stereocenters. The topological polar surface area (TPSA) is 68.5 Å². The minimum absolute atomic E-state index is 0.105. The van der Waals surface area contributed by atoms with Crippen LogP contribution in [0.5, 0.6) is 0 Å². The van der Waals surface area contributed by atoms with Crippen LogP contribution in [0.25, 0.3) is 5.65 Å². The summed E-state index contributed by atoms with van der Waals surface area (Å²) in [6, 6.07) is 2.22. The number of ether oxygens (including phenoxy) is 1. The number of hydrogen-bond acceptors (Lipinski definition) is 4. The van der Waals surface area contributed by atoms with E-state index in [2.05, 4.69) is 36.1 Å². The number of fused-ring (bicyclic) bond motifs is 3. The van der Waals surface area contributed by atoms with Crippen molar-refractivity contribution in [3.05, 3.63) is 29.5 Å². The predicted molar refractivity (Wildman–Crippen MR) is 104 cm³/mol. The summed E-state index contributed by atoms with van der Waals surface area (Å²) in [7, 11) is 0. The van der Waals surface area contributed by atoms with E-state index in [1.807, 2.05) is 24.3 Å². The summed E-state index contributed by atoms with van der Waals surface area (Å²) in [6.45, 7) is 10.3. The molecule has 6 heteroatoms. The number of carbonyl (C=O) groups excluding carboxylic acids is 1. The van der Waals surface area contributed by atoms with Crippen LogP contribution in [-0.4, -0.2) is 38.0 Å². The average Bonchev–Trinajstić information content (AvgIpc) is 3.05. The Kier molecular flexibility index (Phi) is 4.49. The maximum atomic E-state index is 13.0. The molecule has 0 saturated heterocycles. The lowest BCUT2D eigenvalue weighted by molar-refractivity contribution is -0.0875. The summed E-state index contributed by atoms with van der Waals surface area (Å²) in [5, 5.41) is 3.29. The Hall–Kier alpha value is -1.95. The minimum atomic E-state index is -0.114. The van der Waals surface area contributed by atoms with E-state index in [9.17, 15) is 4.79 Å². The van der Waals surface area contributed by atoms with Crippen molar-refractivity contribution in [3.8, 4) is 0 Å². The van der Waals surface area contributed by atoms with Gasteiger partial charge >= 0.3 is 0 Å². The van der Waals surface area contributed by atoms with Crippen molar-refractivity contribution >= 4 is 11.6 Å². The minimum Gasteiger partial charge on any atom is -0.373 e. The first-order valence-corrected chi connectivity index (χ1v) is 10.0. The van der Waals surface area contributed by atoms with Gasteiger partial charge in [-0.3, -0.25) is 9.20 Å². The van der Waals surface area contributed by atoms with Crippen LogP contribution in [0.4, 0.5) is 0 Å². The third kappa shape index (κ3) is 3.59. The largest absolute Gasteiger partial charge is 0.373 e. The van der Waals surface area contributed by atoms with Gasteiger partial charge in [0.1, 0.15) is 6.33 Å². The molecule has 2 aromatic rings. The first kappa shape index (κ1) is 18.4. The Bertz CT molecular complexity index is 853. The maximum absolute atomic E-state index is 13.0. The molecule has 2 saturated carbocycles. The molecule has 27 heavy (non-hydrogen) atoms. The summed E-state index contributed by atoms with van der Waals surface area (Å²) in [5.41, 5.74) is 2.88. The van der Waals surface area contributed by atoms with E-state index in [-0.39, 0.29) is 17.6 Å². The van der Waals surface area contributed by atoms with Gasteiger partial charge in [-0.05, 0) is 78.2 Å². The average molecular weight is 370 g/mol. The second-order valence-corrected chi connectivity index (χ2v) is 9.25. The van der Waals surface area contributed by atoms with Gasteiger partial charge in [0.25, 0.3) is 5.91 Å². The standard InChI is InChI=1S/C21H30N4O2/c1-12-8-13(2)25-11-22-18(19(25)23-12)20(26)24-17-14-6-7-15(17)10-16(9-14)27-21(3,4)5/h8,11,14-17H,6-7,9-10H2,1-5H3,(H,24,26)/t14-,15+,16?,17?. The summed E-state index contributed by atoms with van der Waals surface area (Å²) in [4.78, 5) is 21.9. The zero-order valence-corrected chi connectivity index (χ0v) is 17.0. The lowest BCUT2D eigenvalue weighted by atomic mass is 9.82. The Balaban J connectivity index is 1.50. The van der Waals surface area contributed by atoms with Gasteiger partial charge in [-0.2, -0.15) is 0 Å². The molecule has 6 nitrogen and oxygen atoms in total. The summed E-state index contributed by atoms with van der Waals surface area (Å²) >= 11 is 0. The number of hydrogen-bond donors (Lipinski definition) is 1. The number of nitrogens with zero attached hydrogens (tertiary/aromatic N) is 3. The molecule has 2 fully saturated rings. The highest BCUT2D eigenvalue weighted by Gasteiger charge is 2.44. The van der Waals surface area contributed by atoms with Gasteiger partial charge in [0.2, 0.25) is 0 Å². The van der Waals surface area contributed by atoms with Crippen LogP contribution in [-0.2, 0) is 4.74 Å². The monoisotopic (exact) mass is 370 g/mol. The van der Waals surface area contributed by atoms with Gasteiger partial charge in [0, 0.05) is 17.4 Å². The predicted octanol–water partition coefficient (Wildman–Crippen LogP) is 3.45. The van der Waals surface area contributed by atoms with Crippen molar-refractivity contribution in [3.63, 3.8) is 0 Å². The third-order valence-corrected chi connectivity index (χ3v) is 5.91. The highest BCUT2D eigenvalue weighted by molar-refractivity contribution is 5.98.